The standard InChI is InChI=1S/C29H39F2NO7/c1-5-37-26(27(33)34)20-22-6-10-24(11-7-22)38-19-16-32(15-18-36-17-14-29(4,30)31)28(35)39-25-12-8-23(9-13-25)21(2)3/h6-13,21,26H,5,14-20H2,1-4H3,(H,33,34). The Hall–Kier alpha value is -3.24. The summed E-state index contributed by atoms with van der Waals surface area (Å²) in [7, 11) is 0. The van der Waals surface area contributed by atoms with Gasteiger partial charge >= 0.3 is 12.1 Å². The maximum Gasteiger partial charge on any atom is 0.415 e. The summed E-state index contributed by atoms with van der Waals surface area (Å²) in [4.78, 5) is 25.6. The normalized spacial score (nSPS) is 12.3. The maximum atomic E-state index is 13.0. The summed E-state index contributed by atoms with van der Waals surface area (Å²) in [5.41, 5.74) is 1.90. The lowest BCUT2D eigenvalue weighted by Gasteiger charge is -2.22. The van der Waals surface area contributed by atoms with E-state index in [4.69, 9.17) is 18.9 Å². The van der Waals surface area contributed by atoms with Crippen LogP contribution in [-0.4, -0.2) is 73.6 Å². The minimum absolute atomic E-state index is 0.0662. The Balaban J connectivity index is 1.94. The van der Waals surface area contributed by atoms with Gasteiger partial charge in [-0.2, -0.15) is 0 Å². The molecule has 0 aromatic heterocycles. The largest absolute Gasteiger partial charge is 0.492 e. The van der Waals surface area contributed by atoms with E-state index in [1.807, 2.05) is 12.1 Å². The molecular weight excluding hydrogens is 512 g/mol. The first-order valence-corrected chi connectivity index (χ1v) is 13.1. The van der Waals surface area contributed by atoms with E-state index in [1.54, 1.807) is 43.3 Å². The predicted molar refractivity (Wildman–Crippen MR) is 143 cm³/mol. The lowest BCUT2D eigenvalue weighted by Crippen LogP contribution is -2.39. The van der Waals surface area contributed by atoms with E-state index in [2.05, 4.69) is 13.8 Å². The number of carboxylic acid groups (broad SMARTS) is 1. The third-order valence-corrected chi connectivity index (χ3v) is 5.82. The number of hydrogen-bond acceptors (Lipinski definition) is 6. The van der Waals surface area contributed by atoms with Gasteiger partial charge in [0.05, 0.1) is 19.8 Å². The highest BCUT2D eigenvalue weighted by molar-refractivity contribution is 5.72. The van der Waals surface area contributed by atoms with E-state index in [0.29, 0.717) is 24.0 Å². The average molecular weight is 552 g/mol. The van der Waals surface area contributed by atoms with Gasteiger partial charge in [-0.3, -0.25) is 0 Å². The smallest absolute Gasteiger partial charge is 0.415 e. The van der Waals surface area contributed by atoms with Gasteiger partial charge < -0.3 is 29.0 Å². The molecule has 0 saturated heterocycles. The quantitative estimate of drug-likeness (QED) is 0.249. The van der Waals surface area contributed by atoms with Crippen LogP contribution in [0.15, 0.2) is 48.5 Å². The number of halogens is 2. The summed E-state index contributed by atoms with van der Waals surface area (Å²) >= 11 is 0. The molecule has 1 N–H and O–H groups in total. The van der Waals surface area contributed by atoms with Gasteiger partial charge in [0.1, 0.15) is 18.1 Å². The molecule has 1 atom stereocenters. The molecule has 0 aliphatic carbocycles. The second kappa shape index (κ2) is 16.0. The van der Waals surface area contributed by atoms with Crippen molar-refractivity contribution in [3.63, 3.8) is 0 Å². The highest BCUT2D eigenvalue weighted by atomic mass is 19.3. The van der Waals surface area contributed by atoms with E-state index in [1.165, 1.54) is 4.90 Å². The second-order valence-electron chi connectivity index (χ2n) is 9.49. The number of carbonyl (C=O) groups excluding carboxylic acids is 1. The lowest BCUT2D eigenvalue weighted by molar-refractivity contribution is -0.149. The number of carboxylic acids is 1. The fraction of sp³-hybridized carbons (Fsp3) is 0.517. The second-order valence-corrected chi connectivity index (χ2v) is 9.49. The minimum Gasteiger partial charge on any atom is -0.492 e. The summed E-state index contributed by atoms with van der Waals surface area (Å²) in [6.45, 7) is 7.40. The van der Waals surface area contributed by atoms with Crippen molar-refractivity contribution >= 4 is 12.1 Å². The van der Waals surface area contributed by atoms with Crippen LogP contribution in [0.3, 0.4) is 0 Å². The minimum atomic E-state index is -2.82. The van der Waals surface area contributed by atoms with Crippen LogP contribution in [0.5, 0.6) is 11.5 Å². The van der Waals surface area contributed by atoms with Crippen LogP contribution in [-0.2, 0) is 20.7 Å². The molecule has 0 aliphatic heterocycles. The number of alkyl halides is 2. The zero-order valence-electron chi connectivity index (χ0n) is 23.0. The number of carbonyl (C=O) groups is 2. The van der Waals surface area contributed by atoms with E-state index in [-0.39, 0.29) is 39.3 Å². The molecular formula is C29H39F2NO7. The SMILES string of the molecule is CCOC(Cc1ccc(OCCN(CCOCCC(C)(F)F)C(=O)Oc2ccc(C(C)C)cc2)cc1)C(=O)O. The zero-order valence-corrected chi connectivity index (χ0v) is 23.0. The van der Waals surface area contributed by atoms with Crippen LogP contribution in [0.4, 0.5) is 13.6 Å². The van der Waals surface area contributed by atoms with Gasteiger partial charge in [-0.25, -0.2) is 18.4 Å². The summed E-state index contributed by atoms with van der Waals surface area (Å²) < 4.78 is 47.9. The lowest BCUT2D eigenvalue weighted by atomic mass is 10.0. The van der Waals surface area contributed by atoms with E-state index >= 15 is 0 Å². The van der Waals surface area contributed by atoms with Crippen LogP contribution in [0.1, 0.15) is 51.2 Å². The van der Waals surface area contributed by atoms with Gasteiger partial charge in [0.25, 0.3) is 0 Å². The van der Waals surface area contributed by atoms with Gasteiger partial charge in [-0.1, -0.05) is 38.1 Å². The Bertz CT molecular complexity index is 1010. The molecule has 216 valence electrons. The number of ether oxygens (including phenoxy) is 4. The molecule has 39 heavy (non-hydrogen) atoms. The van der Waals surface area contributed by atoms with Crippen LogP contribution >= 0.6 is 0 Å². The third kappa shape index (κ3) is 12.4. The molecule has 0 saturated carbocycles. The van der Waals surface area contributed by atoms with Crippen molar-refractivity contribution in [2.75, 3.05) is 39.5 Å². The molecule has 0 fully saturated rings. The highest BCUT2D eigenvalue weighted by Gasteiger charge is 2.21. The van der Waals surface area contributed by atoms with Crippen molar-refractivity contribution in [1.82, 2.24) is 4.90 Å². The monoisotopic (exact) mass is 551 g/mol. The summed E-state index contributed by atoms with van der Waals surface area (Å²) in [5, 5.41) is 9.25. The van der Waals surface area contributed by atoms with Crippen molar-refractivity contribution < 1.29 is 42.4 Å². The molecule has 0 heterocycles. The van der Waals surface area contributed by atoms with E-state index in [0.717, 1.165) is 18.1 Å². The van der Waals surface area contributed by atoms with Crippen molar-refractivity contribution in [1.29, 1.82) is 0 Å². The maximum absolute atomic E-state index is 13.0. The van der Waals surface area contributed by atoms with Crippen LogP contribution < -0.4 is 9.47 Å². The van der Waals surface area contributed by atoms with Gasteiger partial charge in [-0.15, -0.1) is 0 Å². The molecule has 0 aliphatic rings. The van der Waals surface area contributed by atoms with E-state index < -0.39 is 30.5 Å². The zero-order chi connectivity index (χ0) is 28.8. The summed E-state index contributed by atoms with van der Waals surface area (Å²) in [6.07, 6.45) is -1.71. The molecule has 2 aromatic rings. The Morgan fingerprint density at radius 2 is 1.56 bits per heavy atom. The third-order valence-electron chi connectivity index (χ3n) is 5.82. The Labute approximate surface area is 228 Å². The Morgan fingerprint density at radius 1 is 0.949 bits per heavy atom. The van der Waals surface area contributed by atoms with Gasteiger partial charge in [0, 0.05) is 26.0 Å². The number of benzene rings is 2. The van der Waals surface area contributed by atoms with Gasteiger partial charge in [0.15, 0.2) is 6.10 Å². The molecule has 1 amide bonds. The first kappa shape index (κ1) is 32.0. The molecule has 0 bridgehead atoms. The highest BCUT2D eigenvalue weighted by Crippen LogP contribution is 2.20. The fourth-order valence-electron chi connectivity index (χ4n) is 3.54. The van der Waals surface area contributed by atoms with Gasteiger partial charge in [-0.05, 0) is 55.2 Å². The molecule has 0 radical (unpaired) electrons. The summed E-state index contributed by atoms with van der Waals surface area (Å²) in [5.74, 6) is -2.56. The average Bonchev–Trinajstić information content (AvgIpc) is 2.87. The molecule has 8 nitrogen and oxygen atoms in total. The number of hydrogen-bond donors (Lipinski definition) is 1. The van der Waals surface area contributed by atoms with Crippen molar-refractivity contribution in [2.24, 2.45) is 0 Å². The Kier molecular flexibility index (Phi) is 13.1. The fourth-order valence-corrected chi connectivity index (χ4v) is 3.54. The van der Waals surface area contributed by atoms with Crippen molar-refractivity contribution in [3.05, 3.63) is 59.7 Å². The van der Waals surface area contributed by atoms with Crippen LogP contribution in [0.2, 0.25) is 0 Å². The van der Waals surface area contributed by atoms with Crippen molar-refractivity contribution in [3.8, 4) is 11.5 Å². The number of rotatable bonds is 17. The predicted octanol–water partition coefficient (Wildman–Crippen LogP) is 5.78. The van der Waals surface area contributed by atoms with Crippen LogP contribution in [0.25, 0.3) is 0 Å². The van der Waals surface area contributed by atoms with Crippen LogP contribution in [0, 0.1) is 0 Å². The summed E-state index contributed by atoms with van der Waals surface area (Å²) in [6, 6.07) is 14.2. The number of nitrogens with zero attached hydrogens (tertiary/aromatic N) is 1. The molecule has 0 spiro atoms. The Morgan fingerprint density at radius 3 is 2.13 bits per heavy atom. The topological polar surface area (TPSA) is 94.5 Å². The first-order chi connectivity index (χ1) is 18.5. The van der Waals surface area contributed by atoms with Crippen molar-refractivity contribution in [2.45, 2.75) is 58.5 Å². The van der Waals surface area contributed by atoms with E-state index in [9.17, 15) is 23.5 Å². The van der Waals surface area contributed by atoms with Gasteiger partial charge in [0.2, 0.25) is 5.92 Å². The number of amides is 1. The molecule has 10 heteroatoms. The molecule has 1 unspecified atom stereocenters. The number of aliphatic carboxylic acids is 1. The molecule has 2 rings (SSSR count). The molecule has 2 aromatic carbocycles. The first-order valence-electron chi connectivity index (χ1n) is 13.1.